The SMILES string of the molecule is CC/C=C\C(NC)N(c1cccc2c1CCC=C2)c1c(C)c(C2N=C(c3cc(C(C)(C)C)cc(C(C)(C)C)c3[OH2+])c3oc4ccccc4c3N2)cc2ccccc12. The quantitative estimate of drug-likeness (QED) is 0.0921. The first-order chi connectivity index (χ1) is 27.3. The van der Waals surface area contributed by atoms with Gasteiger partial charge in [0.25, 0.3) is 5.75 Å². The number of hydrogen-bond acceptors (Lipinski definition) is 5. The molecule has 2 heterocycles. The zero-order valence-electron chi connectivity index (χ0n) is 35.0. The van der Waals surface area contributed by atoms with E-state index in [1.165, 1.54) is 27.8 Å². The van der Waals surface area contributed by atoms with Crippen LogP contribution in [0.15, 0.2) is 113 Å². The van der Waals surface area contributed by atoms with Crippen molar-refractivity contribution in [2.75, 3.05) is 17.3 Å². The predicted octanol–water partition coefficient (Wildman–Crippen LogP) is 12.5. The van der Waals surface area contributed by atoms with Crippen molar-refractivity contribution in [1.29, 1.82) is 0 Å². The molecular weight excluding hydrogens is 701 g/mol. The van der Waals surface area contributed by atoms with Crippen molar-refractivity contribution in [1.82, 2.24) is 5.32 Å². The van der Waals surface area contributed by atoms with Crippen molar-refractivity contribution in [2.24, 2.45) is 4.99 Å². The van der Waals surface area contributed by atoms with Crippen molar-refractivity contribution in [2.45, 2.75) is 97.8 Å². The number of benzene rings is 5. The Balaban J connectivity index is 1.42. The lowest BCUT2D eigenvalue weighted by molar-refractivity contribution is 0.443. The highest BCUT2D eigenvalue weighted by Crippen LogP contribution is 2.47. The van der Waals surface area contributed by atoms with Gasteiger partial charge in [-0.3, -0.25) is 10.3 Å². The maximum atomic E-state index is 9.75. The summed E-state index contributed by atoms with van der Waals surface area (Å²) < 4.78 is 6.70. The van der Waals surface area contributed by atoms with Gasteiger partial charge >= 0.3 is 0 Å². The summed E-state index contributed by atoms with van der Waals surface area (Å²) in [5.41, 5.74) is 12.2. The van der Waals surface area contributed by atoms with Gasteiger partial charge in [0.2, 0.25) is 0 Å². The second kappa shape index (κ2) is 14.7. The van der Waals surface area contributed by atoms with Crippen LogP contribution in [0.1, 0.15) is 112 Å². The van der Waals surface area contributed by atoms with Crippen LogP contribution < -0.4 is 15.5 Å². The number of nitrogens with one attached hydrogen (secondary N) is 2. The topological polar surface area (TPSA) is 75.7 Å². The van der Waals surface area contributed by atoms with Gasteiger partial charge in [-0.25, -0.2) is 0 Å². The van der Waals surface area contributed by atoms with E-state index in [9.17, 15) is 5.11 Å². The fourth-order valence-corrected chi connectivity index (χ4v) is 8.62. The molecule has 2 atom stereocenters. The molecule has 6 aromatic rings. The molecule has 1 aliphatic carbocycles. The van der Waals surface area contributed by atoms with E-state index in [0.29, 0.717) is 17.2 Å². The molecule has 1 aliphatic heterocycles. The summed E-state index contributed by atoms with van der Waals surface area (Å²) in [5.74, 6) is 1.17. The van der Waals surface area contributed by atoms with Gasteiger partial charge in [-0.2, -0.15) is 0 Å². The third kappa shape index (κ3) is 6.84. The molecule has 2 aliphatic rings. The third-order valence-electron chi connectivity index (χ3n) is 11.7. The van der Waals surface area contributed by atoms with Crippen LogP contribution in [0.4, 0.5) is 17.1 Å². The zero-order valence-corrected chi connectivity index (χ0v) is 35.0. The minimum absolute atomic E-state index is 0.107. The van der Waals surface area contributed by atoms with Gasteiger partial charge in [0.1, 0.15) is 23.6 Å². The van der Waals surface area contributed by atoms with E-state index in [2.05, 4.69) is 175 Å². The Labute approximate surface area is 338 Å². The molecule has 5 aromatic carbocycles. The minimum atomic E-state index is -0.457. The Morgan fingerprint density at radius 3 is 2.44 bits per heavy atom. The number of para-hydroxylation sites is 1. The van der Waals surface area contributed by atoms with Crippen LogP contribution in [0.3, 0.4) is 0 Å². The Morgan fingerprint density at radius 1 is 0.947 bits per heavy atom. The lowest BCUT2D eigenvalue weighted by atomic mass is 9.78. The molecule has 1 aromatic heterocycles. The molecule has 0 saturated carbocycles. The fraction of sp³-hybridized carbons (Fsp3) is 0.314. The third-order valence-corrected chi connectivity index (χ3v) is 11.7. The summed E-state index contributed by atoms with van der Waals surface area (Å²) in [6, 6.07) is 30.4. The summed E-state index contributed by atoms with van der Waals surface area (Å²) in [6.07, 6.45) is 11.5. The van der Waals surface area contributed by atoms with Gasteiger partial charge in [-0.15, -0.1) is 0 Å². The summed E-state index contributed by atoms with van der Waals surface area (Å²) in [6.45, 7) is 17.7. The smallest absolute Gasteiger partial charge is 0.267 e. The van der Waals surface area contributed by atoms with Crippen LogP contribution in [0.25, 0.3) is 27.8 Å². The summed E-state index contributed by atoms with van der Waals surface area (Å²) in [5, 5.41) is 20.6. The maximum absolute atomic E-state index is 9.75. The van der Waals surface area contributed by atoms with Crippen molar-refractivity contribution in [3.8, 4) is 5.75 Å². The van der Waals surface area contributed by atoms with Gasteiger partial charge < -0.3 is 19.7 Å². The van der Waals surface area contributed by atoms with E-state index >= 15 is 0 Å². The van der Waals surface area contributed by atoms with Crippen LogP contribution in [0, 0.1) is 6.92 Å². The normalized spacial score (nSPS) is 16.1. The average molecular weight is 758 g/mol. The van der Waals surface area contributed by atoms with E-state index in [0.717, 1.165) is 69.2 Å². The van der Waals surface area contributed by atoms with E-state index in [-0.39, 0.29) is 17.0 Å². The van der Waals surface area contributed by atoms with E-state index < -0.39 is 6.17 Å². The number of furan rings is 1. The van der Waals surface area contributed by atoms with Crippen molar-refractivity contribution >= 4 is 50.6 Å². The molecular formula is C51H57N4O2+. The Hall–Kier alpha value is -5.59. The van der Waals surface area contributed by atoms with Gasteiger partial charge in [0.15, 0.2) is 5.76 Å². The summed E-state index contributed by atoms with van der Waals surface area (Å²) in [7, 11) is 2.05. The molecule has 0 amide bonds. The maximum Gasteiger partial charge on any atom is 0.267 e. The number of fused-ring (bicyclic) bond motifs is 5. The Kier molecular flexibility index (Phi) is 9.89. The molecule has 6 heteroatoms. The van der Waals surface area contributed by atoms with Crippen LogP contribution in [0.5, 0.6) is 5.75 Å². The lowest BCUT2D eigenvalue weighted by Gasteiger charge is -2.37. The van der Waals surface area contributed by atoms with E-state index in [4.69, 9.17) is 9.41 Å². The number of aliphatic imine (C=N–C) groups is 1. The molecule has 4 N–H and O–H groups in total. The standard InChI is InChI=1S/C51H56N4O2/c1-10-11-27-43(52-9)55(41-25-18-21-32-19-12-14-22-35(32)41)46-31(2)38(28-33-20-13-15-23-36(33)46)49-53-44-37-24-16-17-26-42(37)57-48(44)45(54-49)39-29-34(50(3,4)5)30-40(47(39)56)51(6,7)8/h11-13,15-21,23-30,43,49,52-53,56H,10,14,22H2,1-9H3/p+1/b27-11-. The number of nitrogens with zero attached hydrogens (tertiary/aromatic N) is 2. The first-order valence-electron chi connectivity index (χ1n) is 20.5. The molecule has 0 radical (unpaired) electrons. The molecule has 6 nitrogen and oxygen atoms in total. The second-order valence-electron chi connectivity index (χ2n) is 17.7. The molecule has 2 unspecified atom stereocenters. The average Bonchev–Trinajstić information content (AvgIpc) is 3.57. The highest BCUT2D eigenvalue weighted by Gasteiger charge is 2.36. The molecule has 8 rings (SSSR count). The Bertz CT molecular complexity index is 2590. The summed E-state index contributed by atoms with van der Waals surface area (Å²) >= 11 is 0. The van der Waals surface area contributed by atoms with E-state index in [1.54, 1.807) is 0 Å². The molecule has 0 spiro atoms. The van der Waals surface area contributed by atoms with Crippen molar-refractivity contribution < 1.29 is 9.52 Å². The first-order valence-corrected chi connectivity index (χ1v) is 20.5. The molecule has 292 valence electrons. The van der Waals surface area contributed by atoms with Gasteiger partial charge in [-0.1, -0.05) is 121 Å². The van der Waals surface area contributed by atoms with Crippen LogP contribution in [0.2, 0.25) is 0 Å². The number of allylic oxidation sites excluding steroid dienone is 2. The monoisotopic (exact) mass is 757 g/mol. The van der Waals surface area contributed by atoms with Crippen LogP contribution >= 0.6 is 0 Å². The fourth-order valence-electron chi connectivity index (χ4n) is 8.62. The highest BCUT2D eigenvalue weighted by atomic mass is 16.3. The largest absolute Gasteiger partial charge is 0.593 e. The van der Waals surface area contributed by atoms with Gasteiger partial charge in [0.05, 0.1) is 22.5 Å². The van der Waals surface area contributed by atoms with Gasteiger partial charge in [0, 0.05) is 22.0 Å². The number of hydrogen-bond donors (Lipinski definition) is 2. The highest BCUT2D eigenvalue weighted by molar-refractivity contribution is 6.20. The second-order valence-corrected chi connectivity index (χ2v) is 17.7. The molecule has 57 heavy (non-hydrogen) atoms. The van der Waals surface area contributed by atoms with E-state index in [1.807, 2.05) is 12.1 Å². The summed E-state index contributed by atoms with van der Waals surface area (Å²) in [4.78, 5) is 8.14. The predicted molar refractivity (Wildman–Crippen MR) is 242 cm³/mol. The minimum Gasteiger partial charge on any atom is -0.593 e. The number of anilines is 3. The number of likely N-dealkylation sites (N-methyl/N-ethyl adjacent to an activating group) is 1. The lowest BCUT2D eigenvalue weighted by Crippen LogP contribution is -2.41. The van der Waals surface area contributed by atoms with Crippen LogP contribution in [-0.4, -0.2) is 24.0 Å². The van der Waals surface area contributed by atoms with Gasteiger partial charge in [-0.05, 0) is 108 Å². The van der Waals surface area contributed by atoms with Crippen molar-refractivity contribution in [3.63, 3.8) is 0 Å². The van der Waals surface area contributed by atoms with Crippen LogP contribution in [-0.2, 0) is 17.3 Å². The number of rotatable bonds is 8. The Morgan fingerprint density at radius 2 is 1.70 bits per heavy atom. The molecule has 0 bridgehead atoms. The van der Waals surface area contributed by atoms with Crippen molar-refractivity contribution in [3.05, 3.63) is 148 Å². The first kappa shape index (κ1) is 38.3. The zero-order chi connectivity index (χ0) is 40.2. The molecule has 0 saturated heterocycles. The molecule has 0 fully saturated rings.